The first-order chi connectivity index (χ1) is 4.54. The quantitative estimate of drug-likeness (QED) is 0.578. The number of alkyl halides is 3. The smallest absolute Gasteiger partial charge is 0.214 e. The molecule has 0 saturated heterocycles. The fourth-order valence-corrected chi connectivity index (χ4v) is 4.43. The molecule has 0 radical (unpaired) electrons. The highest BCUT2D eigenvalue weighted by Gasteiger charge is 2.15. The summed E-state index contributed by atoms with van der Waals surface area (Å²) in [4.78, 5) is 0. The van der Waals surface area contributed by atoms with Crippen molar-refractivity contribution in [2.45, 2.75) is 31.0 Å². The summed E-state index contributed by atoms with van der Waals surface area (Å²) >= 11 is 0. The molecule has 0 nitrogen and oxygen atoms in total. The summed E-state index contributed by atoms with van der Waals surface area (Å²) in [6.07, 6.45) is 0. The van der Waals surface area contributed by atoms with Gasteiger partial charge < -0.3 is 0 Å². The molecule has 0 amide bonds. The van der Waals surface area contributed by atoms with Gasteiger partial charge in [0.1, 0.15) is 9.52 Å². The van der Waals surface area contributed by atoms with Crippen LogP contribution >= 0.6 is 0 Å². The van der Waals surface area contributed by atoms with E-state index in [0.717, 1.165) is 0 Å². The van der Waals surface area contributed by atoms with Crippen LogP contribution in [-0.2, 0) is 0 Å². The predicted octanol–water partition coefficient (Wildman–Crippen LogP) is 1.16. The molecule has 0 aliphatic heterocycles. The Bertz CT molecular complexity index is 87.0. The van der Waals surface area contributed by atoms with Gasteiger partial charge in [-0.3, -0.25) is 4.39 Å². The van der Waals surface area contributed by atoms with Gasteiger partial charge in [0.15, 0.2) is 0 Å². The first-order valence-corrected chi connectivity index (χ1v) is 8.25. The van der Waals surface area contributed by atoms with E-state index in [4.69, 9.17) is 0 Å². The maximum Gasteiger partial charge on any atom is 0.214 e. The van der Waals surface area contributed by atoms with E-state index < -0.39 is 30.2 Å². The summed E-state index contributed by atoms with van der Waals surface area (Å²) in [7, 11) is -2.71. The van der Waals surface area contributed by atoms with Gasteiger partial charge in [-0.05, 0) is 6.04 Å². The van der Waals surface area contributed by atoms with Crippen LogP contribution in [0.1, 0.15) is 0 Å². The van der Waals surface area contributed by atoms with Gasteiger partial charge in [-0.2, -0.15) is 0 Å². The molecule has 0 aromatic heterocycles. The molecular weight excluding hydrogens is 173 g/mol. The minimum atomic E-state index is -2.20. The van der Waals surface area contributed by atoms with E-state index in [1.807, 2.05) is 13.1 Å². The number of hydrogen-bond acceptors (Lipinski definition) is 0. The number of rotatable bonds is 4. The van der Waals surface area contributed by atoms with Crippen molar-refractivity contribution in [3.05, 3.63) is 0 Å². The van der Waals surface area contributed by atoms with E-state index in [1.54, 1.807) is 0 Å². The van der Waals surface area contributed by atoms with Gasteiger partial charge in [0.05, 0.1) is 14.6 Å². The fourth-order valence-electron chi connectivity index (χ4n) is 0.619. The largest absolute Gasteiger partial charge is 0.252 e. The molecule has 0 bridgehead atoms. The van der Waals surface area contributed by atoms with Gasteiger partial charge in [0.2, 0.25) is 6.05 Å². The Labute approximate surface area is 63.2 Å². The Morgan fingerprint density at radius 2 is 1.80 bits per heavy atom. The van der Waals surface area contributed by atoms with Crippen LogP contribution in [-0.4, -0.2) is 30.2 Å². The third-order valence-electron chi connectivity index (χ3n) is 1.38. The lowest BCUT2D eigenvalue weighted by atomic mass is 10.9. The Hall–Kier alpha value is 0.224. The van der Waals surface area contributed by atoms with Crippen molar-refractivity contribution < 1.29 is 13.2 Å². The van der Waals surface area contributed by atoms with Gasteiger partial charge in [-0.25, -0.2) is 8.78 Å². The van der Waals surface area contributed by atoms with Crippen LogP contribution in [0.25, 0.3) is 0 Å². The highest BCUT2D eigenvalue weighted by Crippen LogP contribution is 2.05. The molecule has 0 rings (SSSR count). The highest BCUT2D eigenvalue weighted by molar-refractivity contribution is 6.58. The van der Waals surface area contributed by atoms with Crippen LogP contribution in [0.15, 0.2) is 0 Å². The molecule has 0 aromatic carbocycles. The average molecular weight is 186 g/mol. The molecule has 0 N–H and O–H groups in total. The first kappa shape index (κ1) is 10.2. The van der Waals surface area contributed by atoms with E-state index in [1.165, 1.54) is 0 Å². The standard InChI is InChI=1S/C5H13F3Si2/c1-10(2)4(6)3-9-5(7)8/h4-5,10H,3,9H2,1-2H3. The topological polar surface area (TPSA) is 0 Å². The van der Waals surface area contributed by atoms with Crippen LogP contribution in [0.3, 0.4) is 0 Å². The van der Waals surface area contributed by atoms with Crippen molar-refractivity contribution in [3.63, 3.8) is 0 Å². The van der Waals surface area contributed by atoms with Crippen molar-refractivity contribution in [2.75, 3.05) is 0 Å². The number of halogens is 3. The molecule has 0 aromatic rings. The van der Waals surface area contributed by atoms with Gasteiger partial charge in [0, 0.05) is 0 Å². The van der Waals surface area contributed by atoms with Crippen LogP contribution in [0.5, 0.6) is 0 Å². The van der Waals surface area contributed by atoms with E-state index in [2.05, 4.69) is 0 Å². The first-order valence-electron chi connectivity index (χ1n) is 3.46. The van der Waals surface area contributed by atoms with Gasteiger partial charge >= 0.3 is 0 Å². The SMILES string of the molecule is C[SiH](C)C(F)C[SiH2]C(F)F. The van der Waals surface area contributed by atoms with Crippen molar-refractivity contribution >= 4 is 18.3 Å². The molecule has 0 aliphatic carbocycles. The summed E-state index contributed by atoms with van der Waals surface area (Å²) in [5.41, 5.74) is 0. The Morgan fingerprint density at radius 3 is 2.10 bits per heavy atom. The molecule has 10 heavy (non-hydrogen) atoms. The maximum absolute atomic E-state index is 12.6. The molecule has 62 valence electrons. The van der Waals surface area contributed by atoms with E-state index in [-0.39, 0.29) is 6.04 Å². The fraction of sp³-hybridized carbons (Fsp3) is 1.00. The summed E-state index contributed by atoms with van der Waals surface area (Å²) in [5, 5.41) is 0. The lowest BCUT2D eigenvalue weighted by molar-refractivity contribution is 0.236. The third-order valence-corrected chi connectivity index (χ3v) is 5.15. The Morgan fingerprint density at radius 1 is 1.30 bits per heavy atom. The second kappa shape index (κ2) is 4.95. The van der Waals surface area contributed by atoms with Crippen molar-refractivity contribution in [1.29, 1.82) is 0 Å². The number of hydrogen-bond donors (Lipinski definition) is 0. The maximum atomic E-state index is 12.6. The van der Waals surface area contributed by atoms with E-state index in [0.29, 0.717) is 0 Å². The zero-order chi connectivity index (χ0) is 8.15. The van der Waals surface area contributed by atoms with Crippen LogP contribution < -0.4 is 0 Å². The minimum Gasteiger partial charge on any atom is -0.252 e. The second-order valence-electron chi connectivity index (χ2n) is 2.73. The molecule has 0 spiro atoms. The molecule has 0 heterocycles. The Kier molecular flexibility index (Phi) is 5.06. The van der Waals surface area contributed by atoms with Crippen molar-refractivity contribution in [3.8, 4) is 0 Å². The zero-order valence-electron chi connectivity index (χ0n) is 6.28. The predicted molar refractivity (Wildman–Crippen MR) is 43.1 cm³/mol. The van der Waals surface area contributed by atoms with Gasteiger partial charge in [-0.1, -0.05) is 13.1 Å². The summed E-state index contributed by atoms with van der Waals surface area (Å²) in [5.74, 6) is -0.874. The lowest BCUT2D eigenvalue weighted by Gasteiger charge is -2.08. The van der Waals surface area contributed by atoms with Crippen LogP contribution in [0.2, 0.25) is 19.1 Å². The molecule has 0 fully saturated rings. The van der Waals surface area contributed by atoms with Crippen molar-refractivity contribution in [2.24, 2.45) is 0 Å². The molecule has 0 saturated carbocycles. The Balaban J connectivity index is 3.30. The summed E-state index contributed by atoms with van der Waals surface area (Å²) in [6.45, 7) is 3.70. The summed E-state index contributed by atoms with van der Waals surface area (Å²) < 4.78 is 35.8. The van der Waals surface area contributed by atoms with E-state index in [9.17, 15) is 13.2 Å². The molecule has 5 heteroatoms. The normalized spacial score (nSPS) is 15.9. The third kappa shape index (κ3) is 5.04. The zero-order valence-corrected chi connectivity index (χ0v) is 8.85. The monoisotopic (exact) mass is 186 g/mol. The van der Waals surface area contributed by atoms with Crippen LogP contribution in [0, 0.1) is 0 Å². The molecular formula is C5H13F3Si2. The van der Waals surface area contributed by atoms with Crippen LogP contribution in [0.4, 0.5) is 13.2 Å². The van der Waals surface area contributed by atoms with E-state index >= 15 is 0 Å². The minimum absolute atomic E-state index is 0.182. The average Bonchev–Trinajstić information content (AvgIpc) is 1.82. The highest BCUT2D eigenvalue weighted by atomic mass is 28.3. The van der Waals surface area contributed by atoms with Crippen molar-refractivity contribution in [1.82, 2.24) is 0 Å². The van der Waals surface area contributed by atoms with Gasteiger partial charge in [-0.15, -0.1) is 0 Å². The van der Waals surface area contributed by atoms with Gasteiger partial charge in [0.25, 0.3) is 0 Å². The molecule has 1 unspecified atom stereocenters. The summed E-state index contributed by atoms with van der Waals surface area (Å²) in [6, 6.07) is -2.02. The molecule has 0 aliphatic rings. The lowest BCUT2D eigenvalue weighted by Crippen LogP contribution is -2.23. The second-order valence-corrected chi connectivity index (χ2v) is 7.71. The molecule has 1 atom stereocenters.